The lowest BCUT2D eigenvalue weighted by molar-refractivity contribution is -0.0499. The van der Waals surface area contributed by atoms with E-state index in [2.05, 4.69) is 4.85 Å². The molecule has 1 fully saturated rings. The summed E-state index contributed by atoms with van der Waals surface area (Å²) in [6, 6.07) is 3.98. The third kappa shape index (κ3) is 3.63. The van der Waals surface area contributed by atoms with E-state index in [0.717, 1.165) is 6.07 Å². The zero-order chi connectivity index (χ0) is 13.9. The molecule has 5 heteroatoms. The van der Waals surface area contributed by atoms with Crippen molar-refractivity contribution in [1.29, 1.82) is 0 Å². The second-order valence-electron chi connectivity index (χ2n) is 4.84. The van der Waals surface area contributed by atoms with Gasteiger partial charge >= 0.3 is 0 Å². The summed E-state index contributed by atoms with van der Waals surface area (Å²) in [6.07, 6.45) is 0.545. The molecule has 0 radical (unpaired) electrons. The Bertz CT molecular complexity index is 486. The van der Waals surface area contributed by atoms with Gasteiger partial charge in [-0.3, -0.25) is 0 Å². The summed E-state index contributed by atoms with van der Waals surface area (Å²) in [4.78, 5) is 3.11. The van der Waals surface area contributed by atoms with E-state index in [-0.39, 0.29) is 36.8 Å². The fourth-order valence-corrected chi connectivity index (χ4v) is 2.15. The zero-order valence-electron chi connectivity index (χ0n) is 10.3. The van der Waals surface area contributed by atoms with Gasteiger partial charge in [0, 0.05) is 12.8 Å². The molecule has 1 saturated carbocycles. The van der Waals surface area contributed by atoms with Crippen LogP contribution in [0.25, 0.3) is 4.85 Å². The lowest BCUT2D eigenvalue weighted by Crippen LogP contribution is -2.27. The van der Waals surface area contributed by atoms with E-state index >= 15 is 0 Å². The average molecular weight is 269 g/mol. The van der Waals surface area contributed by atoms with E-state index in [1.807, 2.05) is 0 Å². The quantitative estimate of drug-likeness (QED) is 0.732. The van der Waals surface area contributed by atoms with E-state index in [1.54, 1.807) is 0 Å². The van der Waals surface area contributed by atoms with Crippen molar-refractivity contribution in [3.8, 4) is 5.75 Å². The van der Waals surface area contributed by atoms with Gasteiger partial charge in [0.25, 0.3) is 0 Å². The van der Waals surface area contributed by atoms with Crippen molar-refractivity contribution in [2.75, 3.05) is 6.61 Å². The van der Waals surface area contributed by atoms with Crippen molar-refractivity contribution in [3.63, 3.8) is 0 Å². The molecule has 0 spiro atoms. The van der Waals surface area contributed by atoms with Gasteiger partial charge in [-0.2, -0.15) is 0 Å². The summed E-state index contributed by atoms with van der Waals surface area (Å²) < 4.78 is 44.8. The largest absolute Gasteiger partial charge is 0.490 e. The zero-order valence-corrected chi connectivity index (χ0v) is 10.3. The van der Waals surface area contributed by atoms with Gasteiger partial charge in [0.05, 0.1) is 13.2 Å². The molecule has 0 N–H and O–H groups in total. The Balaban J connectivity index is 1.88. The fourth-order valence-electron chi connectivity index (χ4n) is 2.15. The highest BCUT2D eigenvalue weighted by molar-refractivity contribution is 5.47. The monoisotopic (exact) mass is 269 g/mol. The van der Waals surface area contributed by atoms with Gasteiger partial charge in [-0.05, 0) is 30.9 Å². The first kappa shape index (κ1) is 13.7. The van der Waals surface area contributed by atoms with Crippen LogP contribution < -0.4 is 4.74 Å². The van der Waals surface area contributed by atoms with Crippen molar-refractivity contribution < 1.29 is 17.9 Å². The maximum Gasteiger partial charge on any atom is 0.248 e. The normalized spacial score (nSPS) is 18.8. The summed E-state index contributed by atoms with van der Waals surface area (Å²) in [6.45, 7) is 7.00. The number of rotatable bonds is 3. The number of alkyl halides is 2. The van der Waals surface area contributed by atoms with E-state index in [0.29, 0.717) is 12.8 Å². The first-order chi connectivity index (χ1) is 9.00. The molecule has 0 atom stereocenters. The number of benzene rings is 1. The number of hydrogen-bond donors (Lipinski definition) is 0. The number of ether oxygens (including phenoxy) is 1. The summed E-state index contributed by atoms with van der Waals surface area (Å²) in [5.74, 6) is -3.03. The molecule has 2 rings (SSSR count). The Kier molecular flexibility index (Phi) is 3.98. The lowest BCUT2D eigenvalue weighted by atomic mass is 9.87. The molecular weight excluding hydrogens is 255 g/mol. The molecule has 0 heterocycles. The molecule has 1 aliphatic carbocycles. The van der Waals surface area contributed by atoms with E-state index in [4.69, 9.17) is 11.3 Å². The predicted molar refractivity (Wildman–Crippen MR) is 65.1 cm³/mol. The Morgan fingerprint density at radius 2 is 2.00 bits per heavy atom. The molecule has 102 valence electrons. The molecule has 19 heavy (non-hydrogen) atoms. The minimum absolute atomic E-state index is 0.0413. The van der Waals surface area contributed by atoms with Crippen LogP contribution in [0.3, 0.4) is 0 Å². The Morgan fingerprint density at radius 3 is 2.58 bits per heavy atom. The van der Waals surface area contributed by atoms with Gasteiger partial charge in [-0.25, -0.2) is 18.0 Å². The maximum absolute atomic E-state index is 13.5. The van der Waals surface area contributed by atoms with Crippen LogP contribution in [0.15, 0.2) is 18.2 Å². The highest BCUT2D eigenvalue weighted by Gasteiger charge is 2.35. The fraction of sp³-hybridized carbons (Fsp3) is 0.500. The van der Waals surface area contributed by atoms with Crippen LogP contribution in [0, 0.1) is 18.3 Å². The average Bonchev–Trinajstić information content (AvgIpc) is 2.38. The lowest BCUT2D eigenvalue weighted by Gasteiger charge is -2.28. The van der Waals surface area contributed by atoms with Crippen LogP contribution >= 0.6 is 0 Å². The Labute approximate surface area is 110 Å². The van der Waals surface area contributed by atoms with Gasteiger partial charge in [0.1, 0.15) is 0 Å². The predicted octanol–water partition coefficient (Wildman–Crippen LogP) is 4.58. The maximum atomic E-state index is 13.5. The first-order valence-electron chi connectivity index (χ1n) is 6.18. The third-order valence-corrected chi connectivity index (χ3v) is 3.36. The molecule has 1 aliphatic rings. The van der Waals surface area contributed by atoms with Gasteiger partial charge in [0.15, 0.2) is 17.3 Å². The van der Waals surface area contributed by atoms with Crippen molar-refractivity contribution >= 4 is 5.69 Å². The highest BCUT2D eigenvalue weighted by atomic mass is 19.3. The standard InChI is InChI=1S/C14H14F3NO/c1-18-11-2-3-13(12(15)8-11)19-9-10-4-6-14(16,17)7-5-10/h2-3,8,10H,4-7,9H2. The molecule has 0 aliphatic heterocycles. The van der Waals surface area contributed by atoms with Crippen LogP contribution in [-0.2, 0) is 0 Å². The summed E-state index contributed by atoms with van der Waals surface area (Å²) >= 11 is 0. The molecule has 1 aromatic rings. The molecule has 0 saturated heterocycles. The molecule has 0 bridgehead atoms. The minimum Gasteiger partial charge on any atom is -0.490 e. The van der Waals surface area contributed by atoms with Crippen LogP contribution in [-0.4, -0.2) is 12.5 Å². The molecule has 2 nitrogen and oxygen atoms in total. The van der Waals surface area contributed by atoms with Crippen molar-refractivity contribution in [2.24, 2.45) is 5.92 Å². The molecule has 1 aromatic carbocycles. The number of nitrogens with zero attached hydrogens (tertiary/aromatic N) is 1. The minimum atomic E-state index is -2.56. The summed E-state index contributed by atoms with van der Waals surface area (Å²) in [5.41, 5.74) is 0.210. The van der Waals surface area contributed by atoms with E-state index in [1.165, 1.54) is 12.1 Å². The van der Waals surface area contributed by atoms with Gasteiger partial charge < -0.3 is 4.74 Å². The smallest absolute Gasteiger partial charge is 0.248 e. The highest BCUT2D eigenvalue weighted by Crippen LogP contribution is 2.36. The van der Waals surface area contributed by atoms with Crippen molar-refractivity contribution in [2.45, 2.75) is 31.6 Å². The Hall–Kier alpha value is -1.70. The summed E-state index contributed by atoms with van der Waals surface area (Å²) in [5, 5.41) is 0. The topological polar surface area (TPSA) is 13.6 Å². The van der Waals surface area contributed by atoms with Crippen molar-refractivity contribution in [1.82, 2.24) is 0 Å². The van der Waals surface area contributed by atoms with E-state index in [9.17, 15) is 13.2 Å². The van der Waals surface area contributed by atoms with Gasteiger partial charge in [-0.15, -0.1) is 0 Å². The van der Waals surface area contributed by atoms with Crippen LogP contribution in [0.5, 0.6) is 5.75 Å². The third-order valence-electron chi connectivity index (χ3n) is 3.36. The van der Waals surface area contributed by atoms with Crippen LogP contribution in [0.1, 0.15) is 25.7 Å². The number of halogens is 3. The Morgan fingerprint density at radius 1 is 1.32 bits per heavy atom. The van der Waals surface area contributed by atoms with Gasteiger partial charge in [0.2, 0.25) is 5.92 Å². The molecule has 0 aromatic heterocycles. The molecular formula is C14H14F3NO. The second kappa shape index (κ2) is 5.52. The van der Waals surface area contributed by atoms with E-state index < -0.39 is 11.7 Å². The SMILES string of the molecule is [C-]#[N+]c1ccc(OCC2CCC(F)(F)CC2)c(F)c1. The molecule has 0 amide bonds. The van der Waals surface area contributed by atoms with Gasteiger partial charge in [-0.1, -0.05) is 6.07 Å². The van der Waals surface area contributed by atoms with Crippen LogP contribution in [0.4, 0.5) is 18.9 Å². The summed E-state index contributed by atoms with van der Waals surface area (Å²) in [7, 11) is 0. The number of hydrogen-bond acceptors (Lipinski definition) is 1. The first-order valence-corrected chi connectivity index (χ1v) is 6.18. The van der Waals surface area contributed by atoms with Crippen molar-refractivity contribution in [3.05, 3.63) is 35.4 Å². The van der Waals surface area contributed by atoms with Crippen LogP contribution in [0.2, 0.25) is 0 Å². The second-order valence-corrected chi connectivity index (χ2v) is 4.84. The molecule has 0 unspecified atom stereocenters.